The van der Waals surface area contributed by atoms with Crippen LogP contribution in [0, 0.1) is 0 Å². The summed E-state index contributed by atoms with van der Waals surface area (Å²) in [7, 11) is 0. The second kappa shape index (κ2) is 5.70. The summed E-state index contributed by atoms with van der Waals surface area (Å²) in [5.74, 6) is 0. The van der Waals surface area contributed by atoms with Crippen LogP contribution in [0.2, 0.25) is 0 Å². The van der Waals surface area contributed by atoms with Crippen molar-refractivity contribution >= 4 is 27.7 Å². The van der Waals surface area contributed by atoms with E-state index in [1.807, 2.05) is 11.8 Å². The van der Waals surface area contributed by atoms with Crippen molar-refractivity contribution in [2.45, 2.75) is 35.6 Å². The van der Waals surface area contributed by atoms with Crippen molar-refractivity contribution in [3.05, 3.63) is 57.6 Å². The van der Waals surface area contributed by atoms with Gasteiger partial charge in [-0.2, -0.15) is 0 Å². The van der Waals surface area contributed by atoms with Gasteiger partial charge in [0.25, 0.3) is 0 Å². The zero-order valence-electron chi connectivity index (χ0n) is 10.7. The van der Waals surface area contributed by atoms with Crippen molar-refractivity contribution in [3.8, 4) is 0 Å². The van der Waals surface area contributed by atoms with E-state index in [9.17, 15) is 0 Å². The number of aryl methyl sites for hydroxylation is 2. The molecule has 0 aliphatic heterocycles. The van der Waals surface area contributed by atoms with E-state index >= 15 is 0 Å². The van der Waals surface area contributed by atoms with Crippen LogP contribution in [0.4, 0.5) is 0 Å². The summed E-state index contributed by atoms with van der Waals surface area (Å²) in [5.41, 5.74) is 10.1. The Morgan fingerprint density at radius 3 is 2.79 bits per heavy atom. The number of nitrogens with two attached hydrogens (primary N) is 1. The molecule has 98 valence electrons. The molecule has 3 heteroatoms. The Kier molecular flexibility index (Phi) is 3.96. The Labute approximate surface area is 126 Å². The highest BCUT2D eigenvalue weighted by Crippen LogP contribution is 2.35. The molecule has 0 atom stereocenters. The molecule has 1 aliphatic rings. The molecule has 0 bridgehead atoms. The van der Waals surface area contributed by atoms with Gasteiger partial charge in [0.2, 0.25) is 0 Å². The van der Waals surface area contributed by atoms with Gasteiger partial charge in [-0.1, -0.05) is 39.8 Å². The van der Waals surface area contributed by atoms with Gasteiger partial charge in [-0.15, -0.1) is 0 Å². The summed E-state index contributed by atoms with van der Waals surface area (Å²) in [6.07, 6.45) is 3.77. The quantitative estimate of drug-likeness (QED) is 0.891. The molecule has 0 unspecified atom stereocenters. The van der Waals surface area contributed by atoms with E-state index < -0.39 is 0 Å². The lowest BCUT2D eigenvalue weighted by Gasteiger charge is -2.10. The second-order valence-electron chi connectivity index (χ2n) is 4.81. The Bertz CT molecular complexity index is 610. The first-order valence-corrected chi connectivity index (χ1v) is 8.16. The van der Waals surface area contributed by atoms with E-state index in [2.05, 4.69) is 52.3 Å². The van der Waals surface area contributed by atoms with Gasteiger partial charge in [-0.25, -0.2) is 0 Å². The number of rotatable bonds is 3. The Morgan fingerprint density at radius 2 is 1.95 bits per heavy atom. The van der Waals surface area contributed by atoms with Crippen LogP contribution < -0.4 is 5.73 Å². The van der Waals surface area contributed by atoms with Gasteiger partial charge >= 0.3 is 0 Å². The highest BCUT2D eigenvalue weighted by atomic mass is 79.9. The maximum atomic E-state index is 5.85. The van der Waals surface area contributed by atoms with E-state index in [1.54, 1.807) is 0 Å². The Morgan fingerprint density at radius 1 is 1.11 bits per heavy atom. The summed E-state index contributed by atoms with van der Waals surface area (Å²) in [5, 5.41) is 0. The third-order valence-electron chi connectivity index (χ3n) is 3.58. The molecule has 2 aromatic carbocycles. The standard InChI is InChI=1S/C16H16BrNS/c17-15-5-2-6-16(14(15)10-18)19-13-8-7-11-3-1-4-12(11)9-13/h2,5-9H,1,3-4,10,18H2. The normalized spacial score (nSPS) is 13.6. The van der Waals surface area contributed by atoms with Crippen molar-refractivity contribution in [1.29, 1.82) is 0 Å². The first-order chi connectivity index (χ1) is 9.28. The fourth-order valence-electron chi connectivity index (χ4n) is 2.57. The SMILES string of the molecule is NCc1c(Br)cccc1Sc1ccc2c(c1)CCC2. The zero-order valence-corrected chi connectivity index (χ0v) is 13.1. The molecule has 0 aromatic heterocycles. The largest absolute Gasteiger partial charge is 0.326 e. The highest BCUT2D eigenvalue weighted by Gasteiger charge is 2.12. The lowest BCUT2D eigenvalue weighted by atomic mass is 10.1. The smallest absolute Gasteiger partial charge is 0.0231 e. The van der Waals surface area contributed by atoms with Crippen LogP contribution in [0.1, 0.15) is 23.1 Å². The summed E-state index contributed by atoms with van der Waals surface area (Å²) >= 11 is 5.39. The van der Waals surface area contributed by atoms with Gasteiger partial charge < -0.3 is 5.73 Å². The maximum absolute atomic E-state index is 5.85. The van der Waals surface area contributed by atoms with Gasteiger partial charge in [0.05, 0.1) is 0 Å². The molecule has 2 N–H and O–H groups in total. The first kappa shape index (κ1) is 13.2. The lowest BCUT2D eigenvalue weighted by Crippen LogP contribution is -1.99. The predicted molar refractivity (Wildman–Crippen MR) is 84.6 cm³/mol. The third kappa shape index (κ3) is 2.73. The molecule has 19 heavy (non-hydrogen) atoms. The average molecular weight is 334 g/mol. The monoisotopic (exact) mass is 333 g/mol. The van der Waals surface area contributed by atoms with Gasteiger partial charge in [0.15, 0.2) is 0 Å². The van der Waals surface area contributed by atoms with Crippen LogP contribution >= 0.6 is 27.7 Å². The van der Waals surface area contributed by atoms with Crippen LogP contribution in [0.15, 0.2) is 50.7 Å². The predicted octanol–water partition coefficient (Wildman–Crippen LogP) is 4.55. The molecule has 1 nitrogen and oxygen atoms in total. The minimum Gasteiger partial charge on any atom is -0.326 e. The molecule has 2 aromatic rings. The van der Waals surface area contributed by atoms with Crippen molar-refractivity contribution in [3.63, 3.8) is 0 Å². The zero-order chi connectivity index (χ0) is 13.2. The van der Waals surface area contributed by atoms with Crippen LogP contribution in [-0.2, 0) is 19.4 Å². The maximum Gasteiger partial charge on any atom is 0.0231 e. The van der Waals surface area contributed by atoms with E-state index in [-0.39, 0.29) is 0 Å². The molecule has 0 heterocycles. The van der Waals surface area contributed by atoms with Crippen molar-refractivity contribution in [2.24, 2.45) is 5.73 Å². The van der Waals surface area contributed by atoms with E-state index in [4.69, 9.17) is 5.73 Å². The molecule has 0 radical (unpaired) electrons. The fraction of sp³-hybridized carbons (Fsp3) is 0.250. The van der Waals surface area contributed by atoms with Gasteiger partial charge in [-0.3, -0.25) is 0 Å². The molecule has 1 aliphatic carbocycles. The van der Waals surface area contributed by atoms with Crippen molar-refractivity contribution in [1.82, 2.24) is 0 Å². The third-order valence-corrected chi connectivity index (χ3v) is 5.41. The number of fused-ring (bicyclic) bond motifs is 1. The van der Waals surface area contributed by atoms with Crippen molar-refractivity contribution < 1.29 is 0 Å². The van der Waals surface area contributed by atoms with Crippen LogP contribution in [0.25, 0.3) is 0 Å². The molecule has 3 rings (SSSR count). The molecule has 0 saturated carbocycles. The average Bonchev–Trinajstić information content (AvgIpc) is 2.86. The Hall–Kier alpha value is -0.770. The van der Waals surface area contributed by atoms with Gasteiger partial charge in [0.1, 0.15) is 0 Å². The number of hydrogen-bond acceptors (Lipinski definition) is 2. The number of halogens is 1. The number of benzene rings is 2. The minimum absolute atomic E-state index is 0.564. The molecular weight excluding hydrogens is 318 g/mol. The fourth-order valence-corrected chi connectivity index (χ4v) is 4.28. The molecule has 0 fully saturated rings. The van der Waals surface area contributed by atoms with Crippen molar-refractivity contribution in [2.75, 3.05) is 0 Å². The summed E-state index contributed by atoms with van der Waals surface area (Å²) in [6, 6.07) is 13.1. The minimum atomic E-state index is 0.564. The lowest BCUT2D eigenvalue weighted by molar-refractivity contribution is 0.911. The molecule has 0 spiro atoms. The van der Waals surface area contributed by atoms with E-state index in [1.165, 1.54) is 45.7 Å². The molecule has 0 amide bonds. The summed E-state index contributed by atoms with van der Waals surface area (Å²) in [4.78, 5) is 2.56. The Balaban J connectivity index is 1.91. The number of hydrogen-bond donors (Lipinski definition) is 1. The van der Waals surface area contributed by atoms with Gasteiger partial charge in [-0.05, 0) is 60.2 Å². The first-order valence-electron chi connectivity index (χ1n) is 6.55. The second-order valence-corrected chi connectivity index (χ2v) is 6.78. The van der Waals surface area contributed by atoms with Crippen LogP contribution in [-0.4, -0.2) is 0 Å². The molecular formula is C16H16BrNS. The van der Waals surface area contributed by atoms with E-state index in [0.29, 0.717) is 6.54 Å². The molecule has 0 saturated heterocycles. The van der Waals surface area contributed by atoms with E-state index in [0.717, 1.165) is 4.47 Å². The highest BCUT2D eigenvalue weighted by molar-refractivity contribution is 9.10. The summed E-state index contributed by atoms with van der Waals surface area (Å²) in [6.45, 7) is 0.564. The van der Waals surface area contributed by atoms with Crippen LogP contribution in [0.3, 0.4) is 0 Å². The topological polar surface area (TPSA) is 26.0 Å². The van der Waals surface area contributed by atoms with Crippen LogP contribution in [0.5, 0.6) is 0 Å². The summed E-state index contributed by atoms with van der Waals surface area (Å²) < 4.78 is 1.10. The van der Waals surface area contributed by atoms with Gasteiger partial charge in [0, 0.05) is 20.8 Å².